The third-order valence-electron chi connectivity index (χ3n) is 3.36. The molecule has 0 aliphatic carbocycles. The van der Waals surface area contributed by atoms with Crippen molar-refractivity contribution in [2.75, 3.05) is 39.6 Å². The fourth-order valence-corrected chi connectivity index (χ4v) is 1.96. The van der Waals surface area contributed by atoms with Crippen LogP contribution in [0.25, 0.3) is 0 Å². The maximum atomic E-state index is 5.81. The first kappa shape index (κ1) is 25.2. The molecule has 0 radical (unpaired) electrons. The molecule has 0 N–H and O–H groups in total. The molecule has 0 heterocycles. The number of hydrogen-bond donors (Lipinski definition) is 0. The molecule has 7 nitrogen and oxygen atoms in total. The predicted molar refractivity (Wildman–Crippen MR) is 104 cm³/mol. The zero-order valence-electron chi connectivity index (χ0n) is 16.5. The molecule has 0 aromatic carbocycles. The zero-order valence-corrected chi connectivity index (χ0v) is 16.5. The van der Waals surface area contributed by atoms with Gasteiger partial charge >= 0.3 is 0 Å². The standard InChI is InChI=1S/C20H36NO6/c1-5-21(25-18-12-9-15-22-6-2,26-19-13-10-16-23-7-3)27-20-14-11-17-24-8-4/h5-8H,1-4,9-20H2/q+1. The third kappa shape index (κ3) is 15.0. The first-order valence-corrected chi connectivity index (χ1v) is 9.38. The molecule has 0 atom stereocenters. The van der Waals surface area contributed by atoms with Crippen LogP contribution in [0.3, 0.4) is 0 Å². The van der Waals surface area contributed by atoms with Gasteiger partial charge < -0.3 is 14.2 Å². The van der Waals surface area contributed by atoms with Crippen LogP contribution in [0, 0.1) is 0 Å². The number of unbranched alkanes of at least 4 members (excludes halogenated alkanes) is 3. The van der Waals surface area contributed by atoms with Crippen molar-refractivity contribution in [1.29, 1.82) is 0 Å². The van der Waals surface area contributed by atoms with Gasteiger partial charge in [0, 0.05) is 0 Å². The van der Waals surface area contributed by atoms with Gasteiger partial charge in [-0.15, -0.1) is 14.5 Å². The maximum Gasteiger partial charge on any atom is 0.195 e. The Labute approximate surface area is 163 Å². The molecule has 7 heteroatoms. The molecule has 0 fully saturated rings. The number of ether oxygens (including phenoxy) is 3. The summed E-state index contributed by atoms with van der Waals surface area (Å²) in [5.41, 5.74) is 0. The van der Waals surface area contributed by atoms with Crippen molar-refractivity contribution in [2.45, 2.75) is 38.5 Å². The van der Waals surface area contributed by atoms with Crippen molar-refractivity contribution in [3.63, 3.8) is 0 Å². The maximum absolute atomic E-state index is 5.81. The molecule has 0 aliphatic rings. The minimum Gasteiger partial charge on any atom is -0.502 e. The molecule has 156 valence electrons. The highest BCUT2D eigenvalue weighted by Crippen LogP contribution is 2.15. The molecule has 0 unspecified atom stereocenters. The van der Waals surface area contributed by atoms with E-state index in [0.717, 1.165) is 38.5 Å². The number of rotatable bonds is 22. The first-order chi connectivity index (χ1) is 13.2. The van der Waals surface area contributed by atoms with E-state index in [1.165, 1.54) is 25.0 Å². The highest BCUT2D eigenvalue weighted by molar-refractivity contribution is 4.50. The number of hydroxylamine groups is 3. The summed E-state index contributed by atoms with van der Waals surface area (Å²) < 4.78 is 15.3. The predicted octanol–water partition coefficient (Wildman–Crippen LogP) is 4.56. The Morgan fingerprint density at radius 1 is 0.481 bits per heavy atom. The van der Waals surface area contributed by atoms with Gasteiger partial charge in [0.15, 0.2) is 6.20 Å². The molecule has 0 aromatic heterocycles. The van der Waals surface area contributed by atoms with Crippen LogP contribution in [0.4, 0.5) is 0 Å². The minimum absolute atomic E-state index is 0.450. The van der Waals surface area contributed by atoms with E-state index in [4.69, 9.17) is 28.7 Å². The van der Waals surface area contributed by atoms with E-state index in [2.05, 4.69) is 26.3 Å². The fraction of sp³-hybridized carbons (Fsp3) is 0.600. The van der Waals surface area contributed by atoms with Crippen LogP contribution in [-0.2, 0) is 28.7 Å². The number of nitrogens with zero attached hydrogens (tertiary/aromatic N) is 1. The van der Waals surface area contributed by atoms with Crippen LogP contribution in [0.2, 0.25) is 0 Å². The summed E-state index contributed by atoms with van der Waals surface area (Å²) in [4.78, 5) is 16.9. The molecule has 0 aliphatic heterocycles. The molecule has 0 rings (SSSR count). The Hall–Kier alpha value is -1.80. The van der Waals surface area contributed by atoms with E-state index in [0.29, 0.717) is 39.6 Å². The van der Waals surface area contributed by atoms with E-state index in [9.17, 15) is 0 Å². The largest absolute Gasteiger partial charge is 0.502 e. The molecular weight excluding hydrogens is 350 g/mol. The second-order valence-electron chi connectivity index (χ2n) is 5.46. The Kier molecular flexibility index (Phi) is 17.7. The lowest BCUT2D eigenvalue weighted by Crippen LogP contribution is -2.43. The average Bonchev–Trinajstić information content (AvgIpc) is 2.69. The minimum atomic E-state index is -0.493. The highest BCUT2D eigenvalue weighted by Gasteiger charge is 2.31. The van der Waals surface area contributed by atoms with Crippen molar-refractivity contribution in [2.24, 2.45) is 0 Å². The number of hydrogen-bond acceptors (Lipinski definition) is 6. The van der Waals surface area contributed by atoms with E-state index in [1.54, 1.807) is 0 Å². The Morgan fingerprint density at radius 3 is 1.04 bits per heavy atom. The van der Waals surface area contributed by atoms with Crippen molar-refractivity contribution in [3.8, 4) is 0 Å². The fourth-order valence-electron chi connectivity index (χ4n) is 1.96. The van der Waals surface area contributed by atoms with Crippen LogP contribution in [0.15, 0.2) is 51.3 Å². The second-order valence-corrected chi connectivity index (χ2v) is 5.46. The molecular formula is C20H36NO6+. The molecule has 0 bridgehead atoms. The van der Waals surface area contributed by atoms with Gasteiger partial charge in [0.25, 0.3) is 0 Å². The summed E-state index contributed by atoms with van der Waals surface area (Å²) in [6.07, 6.45) is 10.7. The SMILES string of the molecule is C=COCCCCO[N+](C=C)(OCCCCOC=C)OCCCCOC=C. The summed E-state index contributed by atoms with van der Waals surface area (Å²) in [5, 5.41) is 0. The van der Waals surface area contributed by atoms with Crippen molar-refractivity contribution in [3.05, 3.63) is 51.3 Å². The normalized spacial score (nSPS) is 10.8. The lowest BCUT2D eigenvalue weighted by atomic mass is 10.3. The van der Waals surface area contributed by atoms with Crippen molar-refractivity contribution < 1.29 is 33.7 Å². The van der Waals surface area contributed by atoms with E-state index < -0.39 is 4.97 Å². The van der Waals surface area contributed by atoms with E-state index >= 15 is 0 Å². The van der Waals surface area contributed by atoms with Gasteiger partial charge in [-0.2, -0.15) is 0 Å². The molecule has 27 heavy (non-hydrogen) atoms. The van der Waals surface area contributed by atoms with E-state index in [1.807, 2.05) is 0 Å². The number of quaternary nitrogens is 1. The smallest absolute Gasteiger partial charge is 0.195 e. The van der Waals surface area contributed by atoms with Crippen LogP contribution in [0.1, 0.15) is 38.5 Å². The Bertz CT molecular complexity index is 338. The van der Waals surface area contributed by atoms with Crippen LogP contribution >= 0.6 is 0 Å². The van der Waals surface area contributed by atoms with Gasteiger partial charge in [0.2, 0.25) is 0 Å². The van der Waals surface area contributed by atoms with Crippen molar-refractivity contribution >= 4 is 0 Å². The summed E-state index contributed by atoms with van der Waals surface area (Å²) >= 11 is 0. The lowest BCUT2D eigenvalue weighted by molar-refractivity contribution is -1.34. The van der Waals surface area contributed by atoms with Gasteiger partial charge in [-0.05, 0) is 45.1 Å². The first-order valence-electron chi connectivity index (χ1n) is 9.38. The quantitative estimate of drug-likeness (QED) is 0.118. The van der Waals surface area contributed by atoms with Gasteiger partial charge in [0.1, 0.15) is 24.8 Å². The summed E-state index contributed by atoms with van der Waals surface area (Å²) in [7, 11) is 0. The topological polar surface area (TPSA) is 55.4 Å². The van der Waals surface area contributed by atoms with Crippen LogP contribution in [-0.4, -0.2) is 44.6 Å². The lowest BCUT2D eigenvalue weighted by Gasteiger charge is -2.25. The van der Waals surface area contributed by atoms with E-state index in [-0.39, 0.29) is 0 Å². The summed E-state index contributed by atoms with van der Waals surface area (Å²) in [6.45, 7) is 17.5. The molecule has 0 aromatic rings. The van der Waals surface area contributed by atoms with Gasteiger partial charge in [-0.25, -0.2) is 0 Å². The highest BCUT2D eigenvalue weighted by atomic mass is 17.2. The van der Waals surface area contributed by atoms with Crippen molar-refractivity contribution in [1.82, 2.24) is 0 Å². The van der Waals surface area contributed by atoms with Crippen LogP contribution in [0.5, 0.6) is 0 Å². The summed E-state index contributed by atoms with van der Waals surface area (Å²) in [6, 6.07) is 0. The van der Waals surface area contributed by atoms with Gasteiger partial charge in [0.05, 0.1) is 38.6 Å². The Morgan fingerprint density at radius 2 is 0.778 bits per heavy atom. The average molecular weight is 387 g/mol. The molecule has 0 spiro atoms. The molecule has 0 amide bonds. The molecule has 0 saturated carbocycles. The second kappa shape index (κ2) is 19.0. The van der Waals surface area contributed by atoms with Gasteiger partial charge in [-0.1, -0.05) is 19.7 Å². The molecule has 0 saturated heterocycles. The van der Waals surface area contributed by atoms with Gasteiger partial charge in [-0.3, -0.25) is 0 Å². The zero-order chi connectivity index (χ0) is 20.1. The monoisotopic (exact) mass is 386 g/mol. The Balaban J connectivity index is 4.30. The summed E-state index contributed by atoms with van der Waals surface area (Å²) in [5.74, 6) is 0. The van der Waals surface area contributed by atoms with Crippen LogP contribution < -0.4 is 0 Å². The third-order valence-corrected chi connectivity index (χ3v) is 3.36.